The smallest absolute Gasteiger partial charge is 0.255 e. The Morgan fingerprint density at radius 2 is 1.84 bits per heavy atom. The number of nitrogens with one attached hydrogen (secondary N) is 1. The zero-order valence-corrected chi connectivity index (χ0v) is 14.7. The summed E-state index contributed by atoms with van der Waals surface area (Å²) in [6.07, 6.45) is 0.0855. The molecule has 132 valence electrons. The molecule has 5 nitrogen and oxygen atoms in total. The Kier molecular flexibility index (Phi) is 5.12. The minimum absolute atomic E-state index is 0.0855. The van der Waals surface area contributed by atoms with E-state index in [9.17, 15) is 4.79 Å². The Bertz CT molecular complexity index is 742. The first-order chi connectivity index (χ1) is 12.1. The highest BCUT2D eigenvalue weighted by molar-refractivity contribution is 5.97. The van der Waals surface area contributed by atoms with Crippen LogP contribution >= 0.6 is 0 Å². The van der Waals surface area contributed by atoms with E-state index in [1.54, 1.807) is 13.2 Å². The molecule has 0 saturated heterocycles. The number of carbonyl (C=O) groups excluding carboxylic acids is 1. The van der Waals surface area contributed by atoms with Crippen LogP contribution in [0.3, 0.4) is 0 Å². The largest absolute Gasteiger partial charge is 0.497 e. The maximum atomic E-state index is 12.4. The van der Waals surface area contributed by atoms with Crippen molar-refractivity contribution in [3.05, 3.63) is 53.6 Å². The standard InChI is InChI=1S/C20H23NO4/c1-13-14(2)25-19-17(13)5-4-6-18(19)20(22)21-11-12-24-16-9-7-15(23-3)8-10-16/h4-10,13-14H,11-12H2,1-3H3,(H,21,22)/t13-,14+/m1/s1. The van der Waals surface area contributed by atoms with Crippen LogP contribution in [0.15, 0.2) is 42.5 Å². The number of carbonyl (C=O) groups is 1. The molecule has 0 radical (unpaired) electrons. The summed E-state index contributed by atoms with van der Waals surface area (Å²) in [6.45, 7) is 4.94. The van der Waals surface area contributed by atoms with E-state index in [0.29, 0.717) is 30.4 Å². The van der Waals surface area contributed by atoms with Gasteiger partial charge in [-0.3, -0.25) is 4.79 Å². The van der Waals surface area contributed by atoms with Crippen molar-refractivity contribution in [1.82, 2.24) is 5.32 Å². The van der Waals surface area contributed by atoms with E-state index >= 15 is 0 Å². The molecule has 5 heteroatoms. The number of para-hydroxylation sites is 1. The Hall–Kier alpha value is -2.69. The number of hydrogen-bond donors (Lipinski definition) is 1. The number of amides is 1. The average Bonchev–Trinajstić information content (AvgIpc) is 2.93. The molecule has 2 atom stereocenters. The molecule has 0 fully saturated rings. The van der Waals surface area contributed by atoms with Crippen molar-refractivity contribution < 1.29 is 19.0 Å². The summed E-state index contributed by atoms with van der Waals surface area (Å²) in [5.74, 6) is 2.37. The molecule has 2 aromatic rings. The summed E-state index contributed by atoms with van der Waals surface area (Å²) < 4.78 is 16.6. The van der Waals surface area contributed by atoms with Crippen molar-refractivity contribution in [3.8, 4) is 17.2 Å². The predicted molar refractivity (Wildman–Crippen MR) is 95.8 cm³/mol. The molecular weight excluding hydrogens is 318 g/mol. The maximum Gasteiger partial charge on any atom is 0.255 e. The van der Waals surface area contributed by atoms with Gasteiger partial charge in [-0.25, -0.2) is 0 Å². The maximum absolute atomic E-state index is 12.4. The number of methoxy groups -OCH3 is 1. The summed E-state index contributed by atoms with van der Waals surface area (Å²) in [5, 5.41) is 2.88. The number of rotatable bonds is 6. The number of hydrogen-bond acceptors (Lipinski definition) is 4. The summed E-state index contributed by atoms with van der Waals surface area (Å²) in [4.78, 5) is 12.4. The predicted octanol–water partition coefficient (Wildman–Crippen LogP) is 3.39. The Morgan fingerprint density at radius 1 is 1.12 bits per heavy atom. The molecule has 0 saturated carbocycles. The lowest BCUT2D eigenvalue weighted by Gasteiger charge is -2.11. The van der Waals surface area contributed by atoms with E-state index in [2.05, 4.69) is 12.2 Å². The highest BCUT2D eigenvalue weighted by Crippen LogP contribution is 2.40. The Labute approximate surface area is 147 Å². The fourth-order valence-corrected chi connectivity index (χ4v) is 2.87. The number of fused-ring (bicyclic) bond motifs is 1. The van der Waals surface area contributed by atoms with E-state index in [1.165, 1.54) is 0 Å². The normalized spacial score (nSPS) is 18.2. The minimum Gasteiger partial charge on any atom is -0.497 e. The highest BCUT2D eigenvalue weighted by atomic mass is 16.5. The lowest BCUT2D eigenvalue weighted by molar-refractivity contribution is 0.0942. The first-order valence-electron chi connectivity index (χ1n) is 8.44. The van der Waals surface area contributed by atoms with Crippen molar-refractivity contribution in [2.24, 2.45) is 0 Å². The molecular formula is C20H23NO4. The van der Waals surface area contributed by atoms with Gasteiger partial charge in [0.1, 0.15) is 30.0 Å². The molecule has 1 N–H and O–H groups in total. The molecule has 0 spiro atoms. The highest BCUT2D eigenvalue weighted by Gasteiger charge is 2.30. The van der Waals surface area contributed by atoms with Crippen LogP contribution < -0.4 is 19.5 Å². The van der Waals surface area contributed by atoms with E-state index in [0.717, 1.165) is 17.1 Å². The fourth-order valence-electron chi connectivity index (χ4n) is 2.87. The summed E-state index contributed by atoms with van der Waals surface area (Å²) in [5.41, 5.74) is 1.67. The first-order valence-corrected chi connectivity index (χ1v) is 8.44. The molecule has 1 aliphatic rings. The van der Waals surface area contributed by atoms with Gasteiger partial charge in [-0.15, -0.1) is 0 Å². The third-order valence-electron chi connectivity index (χ3n) is 4.50. The Morgan fingerprint density at radius 3 is 2.56 bits per heavy atom. The van der Waals surface area contributed by atoms with E-state index < -0.39 is 0 Å². The zero-order chi connectivity index (χ0) is 17.8. The molecule has 0 aromatic heterocycles. The minimum atomic E-state index is -0.142. The van der Waals surface area contributed by atoms with Crippen LogP contribution in [0.5, 0.6) is 17.2 Å². The van der Waals surface area contributed by atoms with E-state index in [-0.39, 0.29) is 12.0 Å². The molecule has 1 aliphatic heterocycles. The molecule has 3 rings (SSSR count). The summed E-state index contributed by atoms with van der Waals surface area (Å²) in [6, 6.07) is 13.1. The molecule has 0 aliphatic carbocycles. The van der Waals surface area contributed by atoms with Gasteiger partial charge in [0.15, 0.2) is 0 Å². The van der Waals surface area contributed by atoms with Gasteiger partial charge in [0.25, 0.3) is 5.91 Å². The number of benzene rings is 2. The van der Waals surface area contributed by atoms with Crippen molar-refractivity contribution in [1.29, 1.82) is 0 Å². The molecule has 25 heavy (non-hydrogen) atoms. The molecule has 0 bridgehead atoms. The van der Waals surface area contributed by atoms with Gasteiger partial charge < -0.3 is 19.5 Å². The van der Waals surface area contributed by atoms with E-state index in [1.807, 2.05) is 43.3 Å². The van der Waals surface area contributed by atoms with Crippen molar-refractivity contribution in [3.63, 3.8) is 0 Å². The van der Waals surface area contributed by atoms with E-state index in [4.69, 9.17) is 14.2 Å². The van der Waals surface area contributed by atoms with Crippen LogP contribution in [0.1, 0.15) is 35.7 Å². The van der Waals surface area contributed by atoms with Gasteiger partial charge in [-0.05, 0) is 37.3 Å². The summed E-state index contributed by atoms with van der Waals surface area (Å²) >= 11 is 0. The van der Waals surface area contributed by atoms with Crippen LogP contribution in [-0.2, 0) is 0 Å². The fraction of sp³-hybridized carbons (Fsp3) is 0.350. The van der Waals surface area contributed by atoms with Crippen LogP contribution in [0.25, 0.3) is 0 Å². The average molecular weight is 341 g/mol. The second-order valence-electron chi connectivity index (χ2n) is 6.12. The van der Waals surface area contributed by atoms with Gasteiger partial charge in [0.05, 0.1) is 19.2 Å². The lowest BCUT2D eigenvalue weighted by atomic mass is 9.97. The quantitative estimate of drug-likeness (QED) is 0.818. The second-order valence-corrected chi connectivity index (χ2v) is 6.12. The van der Waals surface area contributed by atoms with Gasteiger partial charge in [-0.1, -0.05) is 19.1 Å². The topological polar surface area (TPSA) is 56.8 Å². The summed E-state index contributed by atoms with van der Waals surface area (Å²) in [7, 11) is 1.62. The third kappa shape index (κ3) is 3.71. The van der Waals surface area contributed by atoms with Crippen molar-refractivity contribution in [2.45, 2.75) is 25.9 Å². The van der Waals surface area contributed by atoms with Crippen LogP contribution in [0, 0.1) is 0 Å². The van der Waals surface area contributed by atoms with Crippen LogP contribution in [-0.4, -0.2) is 32.3 Å². The Balaban J connectivity index is 1.53. The molecule has 2 aromatic carbocycles. The van der Waals surface area contributed by atoms with Crippen molar-refractivity contribution in [2.75, 3.05) is 20.3 Å². The van der Waals surface area contributed by atoms with Crippen LogP contribution in [0.2, 0.25) is 0 Å². The third-order valence-corrected chi connectivity index (χ3v) is 4.50. The molecule has 1 heterocycles. The van der Waals surface area contributed by atoms with Gasteiger partial charge >= 0.3 is 0 Å². The van der Waals surface area contributed by atoms with Gasteiger partial charge in [0, 0.05) is 11.5 Å². The zero-order valence-electron chi connectivity index (χ0n) is 14.7. The lowest BCUT2D eigenvalue weighted by Crippen LogP contribution is -2.28. The first kappa shape index (κ1) is 17.1. The monoisotopic (exact) mass is 341 g/mol. The van der Waals surface area contributed by atoms with Crippen molar-refractivity contribution >= 4 is 5.91 Å². The van der Waals surface area contributed by atoms with Gasteiger partial charge in [0.2, 0.25) is 0 Å². The SMILES string of the molecule is COc1ccc(OCCNC(=O)c2cccc3c2O[C@@H](C)[C@H]3C)cc1. The van der Waals surface area contributed by atoms with Gasteiger partial charge in [-0.2, -0.15) is 0 Å². The van der Waals surface area contributed by atoms with Crippen LogP contribution in [0.4, 0.5) is 0 Å². The molecule has 1 amide bonds. The molecule has 0 unspecified atom stereocenters. The second kappa shape index (κ2) is 7.47. The number of ether oxygens (including phenoxy) is 3.